The van der Waals surface area contributed by atoms with E-state index in [0.717, 1.165) is 24.1 Å². The van der Waals surface area contributed by atoms with Gasteiger partial charge in [-0.15, -0.1) is 0 Å². The summed E-state index contributed by atoms with van der Waals surface area (Å²) in [5, 5.41) is 6.39. The van der Waals surface area contributed by atoms with Gasteiger partial charge in [-0.2, -0.15) is 23.5 Å². The van der Waals surface area contributed by atoms with Crippen molar-refractivity contribution in [1.82, 2.24) is 10.3 Å². The number of amides is 1. The van der Waals surface area contributed by atoms with Crippen LogP contribution in [0.5, 0.6) is 0 Å². The molecule has 1 saturated heterocycles. The molecule has 21 heavy (non-hydrogen) atoms. The first-order valence-electron chi connectivity index (χ1n) is 7.07. The van der Waals surface area contributed by atoms with Crippen LogP contribution in [-0.2, 0) is 0 Å². The zero-order valence-electron chi connectivity index (χ0n) is 12.0. The first-order chi connectivity index (χ1) is 10.2. The van der Waals surface area contributed by atoms with Gasteiger partial charge in [-0.1, -0.05) is 6.92 Å². The normalized spacial score (nSPS) is 18.3. The number of thioether (sulfide) groups is 2. The van der Waals surface area contributed by atoms with E-state index in [4.69, 9.17) is 0 Å². The van der Waals surface area contributed by atoms with Gasteiger partial charge in [0.25, 0.3) is 5.91 Å². The molecule has 116 valence electrons. The summed E-state index contributed by atoms with van der Waals surface area (Å²) in [5.74, 6) is 3.03. The fraction of sp³-hybridized carbons (Fsp3) is 0.571. The van der Waals surface area contributed by atoms with Gasteiger partial charge in [0.2, 0.25) is 0 Å². The van der Waals surface area contributed by atoms with Crippen LogP contribution >= 0.6 is 23.5 Å². The minimum Gasteiger partial charge on any atom is -0.369 e. The van der Waals surface area contributed by atoms with Crippen LogP contribution in [0.15, 0.2) is 12.3 Å². The van der Waals surface area contributed by atoms with Crippen molar-refractivity contribution in [2.75, 3.05) is 35.7 Å². The van der Waals surface area contributed by atoms with Gasteiger partial charge >= 0.3 is 0 Å². The molecular weight excluding hydrogens is 309 g/mol. The molecule has 0 aromatic carbocycles. The quantitative estimate of drug-likeness (QED) is 0.840. The predicted octanol–water partition coefficient (Wildman–Crippen LogP) is 2.62. The second-order valence-electron chi connectivity index (χ2n) is 4.75. The number of nitrogens with zero attached hydrogens (tertiary/aromatic N) is 1. The van der Waals surface area contributed by atoms with E-state index in [-0.39, 0.29) is 11.5 Å². The summed E-state index contributed by atoms with van der Waals surface area (Å²) in [6.07, 6.45) is 2.04. The Morgan fingerprint density at radius 3 is 3.10 bits per heavy atom. The Bertz CT molecular complexity index is 481. The van der Waals surface area contributed by atoms with E-state index >= 15 is 0 Å². The van der Waals surface area contributed by atoms with Crippen molar-refractivity contribution in [2.24, 2.45) is 0 Å². The molecule has 2 rings (SSSR count). The van der Waals surface area contributed by atoms with Crippen molar-refractivity contribution in [3.05, 3.63) is 23.6 Å². The second-order valence-corrected chi connectivity index (χ2v) is 7.31. The summed E-state index contributed by atoms with van der Waals surface area (Å²) >= 11 is 3.79. The molecule has 1 atom stereocenters. The minimum absolute atomic E-state index is 0.267. The van der Waals surface area contributed by atoms with E-state index in [1.807, 2.05) is 30.4 Å². The predicted molar refractivity (Wildman–Crippen MR) is 88.9 cm³/mol. The van der Waals surface area contributed by atoms with Gasteiger partial charge in [0, 0.05) is 35.6 Å². The SMILES string of the molecule is CCCNc1ncc(F)cc1C(=O)NCC1CSCCS1. The summed E-state index contributed by atoms with van der Waals surface area (Å²) < 4.78 is 13.3. The summed E-state index contributed by atoms with van der Waals surface area (Å²) in [5.41, 5.74) is 0.275. The molecule has 1 amide bonds. The fourth-order valence-corrected chi connectivity index (χ4v) is 4.56. The summed E-state index contributed by atoms with van der Waals surface area (Å²) in [7, 11) is 0. The Hall–Kier alpha value is -0.950. The van der Waals surface area contributed by atoms with Crippen molar-refractivity contribution < 1.29 is 9.18 Å². The molecule has 2 heterocycles. The number of pyridine rings is 1. The van der Waals surface area contributed by atoms with E-state index in [2.05, 4.69) is 15.6 Å². The van der Waals surface area contributed by atoms with E-state index in [9.17, 15) is 9.18 Å². The largest absolute Gasteiger partial charge is 0.369 e. The molecule has 1 aromatic heterocycles. The smallest absolute Gasteiger partial charge is 0.255 e. The van der Waals surface area contributed by atoms with Crippen molar-refractivity contribution >= 4 is 35.2 Å². The molecule has 1 unspecified atom stereocenters. The lowest BCUT2D eigenvalue weighted by Gasteiger charge is -2.21. The Balaban J connectivity index is 1.97. The average Bonchev–Trinajstić information content (AvgIpc) is 2.52. The maximum atomic E-state index is 13.3. The van der Waals surface area contributed by atoms with Crippen molar-refractivity contribution in [3.63, 3.8) is 0 Å². The standard InChI is InChI=1S/C14H20FN3OS2/c1-2-3-16-13-12(6-10(15)7-17-13)14(19)18-8-11-9-20-4-5-21-11/h6-7,11H,2-5,8-9H2,1H3,(H,16,17)(H,18,19). The highest BCUT2D eigenvalue weighted by molar-refractivity contribution is 8.06. The zero-order valence-corrected chi connectivity index (χ0v) is 13.7. The molecule has 7 heteroatoms. The van der Waals surface area contributed by atoms with Gasteiger partial charge in [-0.3, -0.25) is 4.79 Å². The van der Waals surface area contributed by atoms with Crippen LogP contribution in [0.25, 0.3) is 0 Å². The molecule has 2 N–H and O–H groups in total. The summed E-state index contributed by atoms with van der Waals surface area (Å²) in [4.78, 5) is 16.2. The molecule has 1 aliphatic rings. The fourth-order valence-electron chi connectivity index (χ4n) is 1.95. The highest BCUT2D eigenvalue weighted by Gasteiger charge is 2.18. The van der Waals surface area contributed by atoms with Crippen LogP contribution in [0, 0.1) is 5.82 Å². The molecule has 1 fully saturated rings. The van der Waals surface area contributed by atoms with Crippen LogP contribution in [0.1, 0.15) is 23.7 Å². The number of hydrogen-bond donors (Lipinski definition) is 2. The number of hydrogen-bond acceptors (Lipinski definition) is 5. The summed E-state index contributed by atoms with van der Waals surface area (Å²) in [6, 6.07) is 1.24. The lowest BCUT2D eigenvalue weighted by molar-refractivity contribution is 0.0954. The second kappa shape index (κ2) is 8.48. The maximum Gasteiger partial charge on any atom is 0.255 e. The van der Waals surface area contributed by atoms with E-state index in [1.165, 1.54) is 11.8 Å². The molecular formula is C14H20FN3OS2. The Morgan fingerprint density at radius 1 is 1.52 bits per heavy atom. The van der Waals surface area contributed by atoms with Gasteiger partial charge in [0.15, 0.2) is 0 Å². The highest BCUT2D eigenvalue weighted by Crippen LogP contribution is 2.23. The van der Waals surface area contributed by atoms with E-state index in [1.54, 1.807) is 0 Å². The van der Waals surface area contributed by atoms with Crippen molar-refractivity contribution in [2.45, 2.75) is 18.6 Å². The maximum absolute atomic E-state index is 13.3. The molecule has 0 bridgehead atoms. The van der Waals surface area contributed by atoms with Crippen LogP contribution < -0.4 is 10.6 Å². The molecule has 1 aliphatic heterocycles. The van der Waals surface area contributed by atoms with Crippen molar-refractivity contribution in [1.29, 1.82) is 0 Å². The topological polar surface area (TPSA) is 54.0 Å². The molecule has 0 radical (unpaired) electrons. The number of rotatable bonds is 6. The Labute approximate surface area is 133 Å². The monoisotopic (exact) mass is 329 g/mol. The lowest BCUT2D eigenvalue weighted by Crippen LogP contribution is -2.34. The van der Waals surface area contributed by atoms with Crippen molar-refractivity contribution in [3.8, 4) is 0 Å². The minimum atomic E-state index is -0.496. The number of halogens is 1. The zero-order chi connectivity index (χ0) is 15.1. The number of nitrogens with one attached hydrogen (secondary N) is 2. The van der Waals surface area contributed by atoms with Crippen LogP contribution in [0.4, 0.5) is 10.2 Å². The third-order valence-electron chi connectivity index (χ3n) is 3.02. The number of carbonyl (C=O) groups is 1. The third kappa shape index (κ3) is 5.07. The first-order valence-corrected chi connectivity index (χ1v) is 9.28. The van der Waals surface area contributed by atoms with Gasteiger partial charge in [0.05, 0.1) is 11.8 Å². The van der Waals surface area contributed by atoms with E-state index in [0.29, 0.717) is 24.2 Å². The Kier molecular flexibility index (Phi) is 6.63. The third-order valence-corrected chi connectivity index (χ3v) is 5.86. The van der Waals surface area contributed by atoms with Crippen LogP contribution in [0.3, 0.4) is 0 Å². The van der Waals surface area contributed by atoms with Gasteiger partial charge in [0.1, 0.15) is 11.6 Å². The molecule has 0 saturated carbocycles. The molecule has 1 aromatic rings. The average molecular weight is 329 g/mol. The first kappa shape index (κ1) is 16.4. The molecule has 0 aliphatic carbocycles. The Morgan fingerprint density at radius 2 is 2.38 bits per heavy atom. The van der Waals surface area contributed by atoms with Gasteiger partial charge < -0.3 is 10.6 Å². The summed E-state index contributed by atoms with van der Waals surface area (Å²) in [6.45, 7) is 3.34. The van der Waals surface area contributed by atoms with E-state index < -0.39 is 5.82 Å². The van der Waals surface area contributed by atoms with Crippen LogP contribution in [0.2, 0.25) is 0 Å². The number of aromatic nitrogens is 1. The van der Waals surface area contributed by atoms with Gasteiger partial charge in [-0.25, -0.2) is 9.37 Å². The number of carbonyl (C=O) groups excluding carboxylic acids is 1. The van der Waals surface area contributed by atoms with Crippen LogP contribution in [-0.4, -0.2) is 46.5 Å². The molecule has 0 spiro atoms. The number of anilines is 1. The lowest BCUT2D eigenvalue weighted by atomic mass is 10.2. The van der Waals surface area contributed by atoms with Gasteiger partial charge in [-0.05, 0) is 12.5 Å². The highest BCUT2D eigenvalue weighted by atomic mass is 32.2. The molecule has 4 nitrogen and oxygen atoms in total.